The van der Waals surface area contributed by atoms with Crippen LogP contribution in [0.5, 0.6) is 0 Å². The summed E-state index contributed by atoms with van der Waals surface area (Å²) in [5.74, 6) is -0.387. The Balaban J connectivity index is 2.18. The van der Waals surface area contributed by atoms with Gasteiger partial charge in [-0.1, -0.05) is 24.9 Å². The molecule has 1 saturated carbocycles. The van der Waals surface area contributed by atoms with Crippen molar-refractivity contribution in [3.63, 3.8) is 0 Å². The summed E-state index contributed by atoms with van der Waals surface area (Å²) in [6.45, 7) is 4.67. The van der Waals surface area contributed by atoms with Crippen molar-refractivity contribution in [2.45, 2.75) is 33.1 Å². The molecule has 17 heavy (non-hydrogen) atoms. The molecule has 0 spiro atoms. The van der Waals surface area contributed by atoms with Crippen LogP contribution in [0.4, 0.5) is 15.8 Å². The van der Waals surface area contributed by atoms with Gasteiger partial charge in [-0.05, 0) is 36.8 Å². The van der Waals surface area contributed by atoms with Crippen LogP contribution in [-0.4, -0.2) is 6.54 Å². The molecule has 2 nitrogen and oxygen atoms in total. The number of nitrogens with one attached hydrogen (secondary N) is 1. The van der Waals surface area contributed by atoms with Gasteiger partial charge in [0.1, 0.15) is 10.8 Å². The zero-order valence-corrected chi connectivity index (χ0v) is 11.0. The maximum atomic E-state index is 13.7. The van der Waals surface area contributed by atoms with Crippen LogP contribution in [0.2, 0.25) is 5.02 Å². The van der Waals surface area contributed by atoms with Crippen molar-refractivity contribution in [1.82, 2.24) is 0 Å². The van der Waals surface area contributed by atoms with Gasteiger partial charge in [-0.15, -0.1) is 0 Å². The van der Waals surface area contributed by atoms with Crippen molar-refractivity contribution in [3.05, 3.63) is 22.5 Å². The summed E-state index contributed by atoms with van der Waals surface area (Å²) in [4.78, 5) is 0. The Morgan fingerprint density at radius 2 is 2.18 bits per heavy atom. The number of benzene rings is 1. The van der Waals surface area contributed by atoms with Gasteiger partial charge >= 0.3 is 0 Å². The Kier molecular flexibility index (Phi) is 3.21. The maximum absolute atomic E-state index is 13.7. The van der Waals surface area contributed by atoms with Crippen molar-refractivity contribution in [2.75, 3.05) is 17.6 Å². The van der Waals surface area contributed by atoms with Crippen molar-refractivity contribution in [2.24, 2.45) is 5.41 Å². The van der Waals surface area contributed by atoms with Crippen LogP contribution in [0.25, 0.3) is 0 Å². The predicted octanol–water partition coefficient (Wildman–Crippen LogP) is 3.97. The van der Waals surface area contributed by atoms with Gasteiger partial charge in [0.15, 0.2) is 0 Å². The molecule has 0 radical (unpaired) electrons. The number of rotatable bonds is 3. The minimum Gasteiger partial charge on any atom is -0.397 e. The van der Waals surface area contributed by atoms with Gasteiger partial charge in [0.05, 0.1) is 11.4 Å². The third kappa shape index (κ3) is 2.34. The van der Waals surface area contributed by atoms with Crippen LogP contribution in [-0.2, 0) is 0 Å². The van der Waals surface area contributed by atoms with Crippen molar-refractivity contribution >= 4 is 23.0 Å². The number of nitrogens with two attached hydrogens (primary N) is 1. The molecule has 0 atom stereocenters. The molecule has 1 aliphatic carbocycles. The summed E-state index contributed by atoms with van der Waals surface area (Å²) in [5, 5.41) is 3.30. The highest BCUT2D eigenvalue weighted by Crippen LogP contribution is 2.41. The highest BCUT2D eigenvalue weighted by Gasteiger charge is 2.31. The second-order valence-electron chi connectivity index (χ2n) is 5.30. The van der Waals surface area contributed by atoms with E-state index in [1.165, 1.54) is 19.3 Å². The summed E-state index contributed by atoms with van der Waals surface area (Å²) in [6, 6.07) is 1.62. The van der Waals surface area contributed by atoms with E-state index in [1.54, 1.807) is 13.0 Å². The minimum atomic E-state index is -0.387. The van der Waals surface area contributed by atoms with Gasteiger partial charge in [0.25, 0.3) is 0 Å². The number of halogens is 2. The highest BCUT2D eigenvalue weighted by atomic mass is 35.5. The van der Waals surface area contributed by atoms with E-state index in [0.717, 1.165) is 6.54 Å². The van der Waals surface area contributed by atoms with Gasteiger partial charge in [-0.25, -0.2) is 4.39 Å². The van der Waals surface area contributed by atoms with Gasteiger partial charge in [-0.3, -0.25) is 0 Å². The Hall–Kier alpha value is -0.960. The van der Waals surface area contributed by atoms with Crippen LogP contribution in [0.1, 0.15) is 31.7 Å². The lowest BCUT2D eigenvalue weighted by Crippen LogP contribution is -2.33. The molecule has 0 bridgehead atoms. The summed E-state index contributed by atoms with van der Waals surface area (Å²) >= 11 is 5.98. The average molecular weight is 257 g/mol. The number of hydrogen-bond donors (Lipinski definition) is 2. The quantitative estimate of drug-likeness (QED) is 0.803. The molecule has 94 valence electrons. The molecule has 1 aromatic carbocycles. The molecule has 1 fully saturated rings. The SMILES string of the molecule is Cc1cc(N)c(NCC2(C)CCC2)c(Cl)c1F. The normalized spacial score (nSPS) is 17.6. The van der Waals surface area contributed by atoms with E-state index in [-0.39, 0.29) is 10.8 Å². The Morgan fingerprint density at radius 3 is 2.71 bits per heavy atom. The molecule has 1 aromatic rings. The van der Waals surface area contributed by atoms with Crippen molar-refractivity contribution < 1.29 is 4.39 Å². The predicted molar refractivity (Wildman–Crippen MR) is 71.0 cm³/mol. The smallest absolute Gasteiger partial charge is 0.146 e. The maximum Gasteiger partial charge on any atom is 0.146 e. The molecule has 2 rings (SSSR count). The van der Waals surface area contributed by atoms with E-state index in [2.05, 4.69) is 12.2 Å². The van der Waals surface area contributed by atoms with E-state index in [0.29, 0.717) is 22.4 Å². The molecule has 0 aliphatic heterocycles. The molecule has 0 aromatic heterocycles. The summed E-state index contributed by atoms with van der Waals surface area (Å²) < 4.78 is 13.7. The second kappa shape index (κ2) is 4.37. The molecular formula is C13H18ClFN2. The standard InChI is InChI=1S/C13H18ClFN2/c1-8-6-9(16)12(10(14)11(8)15)17-7-13(2)4-3-5-13/h6,17H,3-5,7,16H2,1-2H3. The van der Waals surface area contributed by atoms with Crippen molar-refractivity contribution in [3.8, 4) is 0 Å². The van der Waals surface area contributed by atoms with Gasteiger partial charge < -0.3 is 11.1 Å². The number of aryl methyl sites for hydroxylation is 1. The lowest BCUT2D eigenvalue weighted by atomic mass is 9.70. The van der Waals surface area contributed by atoms with E-state index in [4.69, 9.17) is 17.3 Å². The monoisotopic (exact) mass is 256 g/mol. The van der Waals surface area contributed by atoms with Crippen LogP contribution in [0, 0.1) is 18.2 Å². The van der Waals surface area contributed by atoms with E-state index < -0.39 is 0 Å². The van der Waals surface area contributed by atoms with Gasteiger partial charge in [0, 0.05) is 6.54 Å². The Morgan fingerprint density at radius 1 is 1.53 bits per heavy atom. The summed E-state index contributed by atoms with van der Waals surface area (Å²) in [7, 11) is 0. The molecule has 1 aliphatic rings. The van der Waals surface area contributed by atoms with Crippen LogP contribution in [0.3, 0.4) is 0 Å². The van der Waals surface area contributed by atoms with Crippen molar-refractivity contribution in [1.29, 1.82) is 0 Å². The molecule has 0 saturated heterocycles. The average Bonchev–Trinajstić information content (AvgIpc) is 2.23. The molecule has 0 heterocycles. The number of nitrogen functional groups attached to an aromatic ring is 1. The zero-order valence-electron chi connectivity index (χ0n) is 10.2. The van der Waals surface area contributed by atoms with Gasteiger partial charge in [0.2, 0.25) is 0 Å². The second-order valence-corrected chi connectivity index (χ2v) is 5.68. The highest BCUT2D eigenvalue weighted by molar-refractivity contribution is 6.34. The van der Waals surface area contributed by atoms with E-state index in [1.807, 2.05) is 0 Å². The van der Waals surface area contributed by atoms with Crippen LogP contribution < -0.4 is 11.1 Å². The fourth-order valence-corrected chi connectivity index (χ4v) is 2.54. The number of anilines is 2. The first-order valence-corrected chi connectivity index (χ1v) is 6.29. The minimum absolute atomic E-state index is 0.102. The summed E-state index contributed by atoms with van der Waals surface area (Å²) in [5.41, 5.74) is 7.69. The lowest BCUT2D eigenvalue weighted by molar-refractivity contribution is 0.180. The molecule has 0 amide bonds. The third-order valence-electron chi connectivity index (χ3n) is 3.67. The molecule has 4 heteroatoms. The first-order chi connectivity index (χ1) is 7.93. The summed E-state index contributed by atoms with van der Waals surface area (Å²) in [6.07, 6.45) is 3.67. The molecule has 0 unspecified atom stereocenters. The molecular weight excluding hydrogens is 239 g/mol. The lowest BCUT2D eigenvalue weighted by Gasteiger charge is -2.39. The Bertz CT molecular complexity index is 442. The third-order valence-corrected chi connectivity index (χ3v) is 4.03. The van der Waals surface area contributed by atoms with E-state index in [9.17, 15) is 4.39 Å². The largest absolute Gasteiger partial charge is 0.397 e. The zero-order chi connectivity index (χ0) is 12.6. The van der Waals surface area contributed by atoms with Crippen LogP contribution in [0.15, 0.2) is 6.07 Å². The van der Waals surface area contributed by atoms with Crippen LogP contribution >= 0.6 is 11.6 Å². The van der Waals surface area contributed by atoms with Gasteiger partial charge in [-0.2, -0.15) is 0 Å². The Labute approximate surface area is 106 Å². The fourth-order valence-electron chi connectivity index (χ4n) is 2.22. The number of hydrogen-bond acceptors (Lipinski definition) is 2. The first kappa shape index (κ1) is 12.5. The van der Waals surface area contributed by atoms with E-state index >= 15 is 0 Å². The molecule has 3 N–H and O–H groups in total. The topological polar surface area (TPSA) is 38.0 Å². The fraction of sp³-hybridized carbons (Fsp3) is 0.538. The first-order valence-electron chi connectivity index (χ1n) is 5.91.